The lowest BCUT2D eigenvalue weighted by molar-refractivity contribution is 0.0973. The van der Waals surface area contributed by atoms with Crippen LogP contribution in [0.4, 0.5) is 11.8 Å². The second kappa shape index (κ2) is 10.2. The second-order valence-electron chi connectivity index (χ2n) is 8.23. The number of carbonyl (C=O) groups excluding carboxylic acids is 1. The molecule has 1 fully saturated rings. The van der Waals surface area contributed by atoms with Crippen LogP contribution in [-0.4, -0.2) is 57.8 Å². The Morgan fingerprint density at radius 2 is 1.97 bits per heavy atom. The molecule has 5 rings (SSSR count). The van der Waals surface area contributed by atoms with E-state index in [2.05, 4.69) is 20.4 Å². The van der Waals surface area contributed by atoms with Crippen molar-refractivity contribution in [2.75, 3.05) is 36.6 Å². The number of ether oxygens (including phenoxy) is 1. The van der Waals surface area contributed by atoms with Gasteiger partial charge in [0.05, 0.1) is 32.3 Å². The van der Waals surface area contributed by atoms with E-state index in [4.69, 9.17) is 26.3 Å². The highest BCUT2D eigenvalue weighted by molar-refractivity contribution is 6.30. The van der Waals surface area contributed by atoms with E-state index in [0.717, 1.165) is 11.1 Å². The van der Waals surface area contributed by atoms with Crippen molar-refractivity contribution in [2.24, 2.45) is 5.10 Å². The van der Waals surface area contributed by atoms with Crippen molar-refractivity contribution in [2.45, 2.75) is 13.5 Å². The van der Waals surface area contributed by atoms with Crippen molar-refractivity contribution < 1.29 is 9.53 Å². The maximum absolute atomic E-state index is 12.9. The number of rotatable bonds is 7. The van der Waals surface area contributed by atoms with Gasteiger partial charge in [0.15, 0.2) is 22.8 Å². The van der Waals surface area contributed by atoms with Gasteiger partial charge in [-0.05, 0) is 36.8 Å². The first-order chi connectivity index (χ1) is 17.1. The smallest absolute Gasteiger partial charge is 0.229 e. The summed E-state index contributed by atoms with van der Waals surface area (Å²) in [7, 11) is 0. The molecular weight excluding hydrogens is 466 g/mol. The van der Waals surface area contributed by atoms with Gasteiger partial charge in [0, 0.05) is 23.7 Å². The molecule has 0 bridgehead atoms. The van der Waals surface area contributed by atoms with Crippen molar-refractivity contribution >= 4 is 46.5 Å². The number of imidazole rings is 1. The van der Waals surface area contributed by atoms with Crippen LogP contribution >= 0.6 is 11.6 Å². The van der Waals surface area contributed by atoms with Crippen LogP contribution in [0, 0.1) is 6.92 Å². The van der Waals surface area contributed by atoms with E-state index in [-0.39, 0.29) is 12.3 Å². The molecule has 1 N–H and O–H groups in total. The predicted molar refractivity (Wildman–Crippen MR) is 137 cm³/mol. The molecule has 3 heterocycles. The number of halogens is 1. The van der Waals surface area contributed by atoms with E-state index in [1.165, 1.54) is 0 Å². The van der Waals surface area contributed by atoms with Crippen molar-refractivity contribution in [1.29, 1.82) is 0 Å². The SMILES string of the molecule is Cc1cccc(C=NNc2nc(N3CCOCC3)nc3c2ncn3CC(=O)c2ccc(Cl)cc2)c1. The summed E-state index contributed by atoms with van der Waals surface area (Å²) < 4.78 is 7.20. The van der Waals surface area contributed by atoms with Crippen molar-refractivity contribution in [3.63, 3.8) is 0 Å². The van der Waals surface area contributed by atoms with Gasteiger partial charge in [-0.3, -0.25) is 10.2 Å². The Bertz CT molecular complexity index is 1380. The van der Waals surface area contributed by atoms with Crippen LogP contribution in [0.15, 0.2) is 60.0 Å². The highest BCUT2D eigenvalue weighted by Gasteiger charge is 2.20. The highest BCUT2D eigenvalue weighted by atomic mass is 35.5. The van der Waals surface area contributed by atoms with Crippen LogP contribution in [0.2, 0.25) is 5.02 Å². The number of fused-ring (bicyclic) bond motifs is 1. The standard InChI is InChI=1S/C25H24ClN7O2/c1-17-3-2-4-18(13-17)14-28-31-23-22-24(30-25(29-23)32-9-11-35-12-10-32)33(16-27-22)15-21(34)19-5-7-20(26)8-6-19/h2-8,13-14,16H,9-12,15H2,1H3,(H,29,30,31). The van der Waals surface area contributed by atoms with Crippen molar-refractivity contribution in [1.82, 2.24) is 19.5 Å². The minimum atomic E-state index is -0.0699. The minimum absolute atomic E-state index is 0.0699. The summed E-state index contributed by atoms with van der Waals surface area (Å²) in [5.41, 5.74) is 6.80. The molecule has 178 valence electrons. The minimum Gasteiger partial charge on any atom is -0.378 e. The number of Topliss-reactive ketones (excluding diaryl/α,β-unsaturated/α-hetero) is 1. The number of carbonyl (C=O) groups is 1. The molecule has 0 aliphatic carbocycles. The van der Waals surface area contributed by atoms with Gasteiger partial charge in [0.25, 0.3) is 0 Å². The summed E-state index contributed by atoms with van der Waals surface area (Å²) in [5.74, 6) is 0.937. The lowest BCUT2D eigenvalue weighted by Gasteiger charge is -2.27. The van der Waals surface area contributed by atoms with Crippen LogP contribution in [0.3, 0.4) is 0 Å². The van der Waals surface area contributed by atoms with E-state index >= 15 is 0 Å². The molecule has 1 aliphatic heterocycles. The number of nitrogens with zero attached hydrogens (tertiary/aromatic N) is 6. The first-order valence-electron chi connectivity index (χ1n) is 11.3. The Kier molecular flexibility index (Phi) is 6.69. The quantitative estimate of drug-likeness (QED) is 0.238. The maximum Gasteiger partial charge on any atom is 0.229 e. The first-order valence-corrected chi connectivity index (χ1v) is 11.6. The Hall–Kier alpha value is -3.82. The van der Waals surface area contributed by atoms with Crippen molar-refractivity contribution in [3.8, 4) is 0 Å². The van der Waals surface area contributed by atoms with E-state index in [0.29, 0.717) is 59.8 Å². The fourth-order valence-electron chi connectivity index (χ4n) is 3.83. The van der Waals surface area contributed by atoms with E-state index in [1.807, 2.05) is 31.2 Å². The number of nitrogens with one attached hydrogen (secondary N) is 1. The summed E-state index contributed by atoms with van der Waals surface area (Å²) in [4.78, 5) is 28.9. The number of aryl methyl sites for hydroxylation is 1. The van der Waals surface area contributed by atoms with Crippen molar-refractivity contribution in [3.05, 3.63) is 76.6 Å². The Labute approximate surface area is 207 Å². The van der Waals surface area contributed by atoms with Crippen LogP contribution in [-0.2, 0) is 11.3 Å². The van der Waals surface area contributed by atoms with Gasteiger partial charge in [-0.15, -0.1) is 0 Å². The molecule has 0 atom stereocenters. The zero-order valence-electron chi connectivity index (χ0n) is 19.2. The molecular formula is C25H24ClN7O2. The summed E-state index contributed by atoms with van der Waals surface area (Å²) in [6.07, 6.45) is 3.34. The monoisotopic (exact) mass is 489 g/mol. The number of ketones is 1. The zero-order valence-corrected chi connectivity index (χ0v) is 19.9. The molecule has 10 heteroatoms. The molecule has 1 saturated heterocycles. The van der Waals surface area contributed by atoms with Gasteiger partial charge < -0.3 is 14.2 Å². The third-order valence-corrected chi connectivity index (χ3v) is 5.90. The van der Waals surface area contributed by atoms with E-state index in [1.54, 1.807) is 41.4 Å². The predicted octanol–water partition coefficient (Wildman–Crippen LogP) is 3.95. The normalized spacial score (nSPS) is 14.1. The Balaban J connectivity index is 1.47. The first kappa shape index (κ1) is 22.9. The largest absolute Gasteiger partial charge is 0.378 e. The van der Waals surface area contributed by atoms with Gasteiger partial charge in [-0.2, -0.15) is 15.1 Å². The Morgan fingerprint density at radius 3 is 2.74 bits per heavy atom. The zero-order chi connectivity index (χ0) is 24.2. The van der Waals surface area contributed by atoms with Gasteiger partial charge in [0.1, 0.15) is 0 Å². The molecule has 0 amide bonds. The number of anilines is 2. The molecule has 0 saturated carbocycles. The summed E-state index contributed by atoms with van der Waals surface area (Å²) >= 11 is 5.96. The fraction of sp³-hybridized carbons (Fsp3) is 0.240. The molecule has 0 unspecified atom stereocenters. The van der Waals surface area contributed by atoms with Crippen LogP contribution in [0.5, 0.6) is 0 Å². The third kappa shape index (κ3) is 5.31. The Morgan fingerprint density at radius 1 is 1.17 bits per heavy atom. The van der Waals surface area contributed by atoms with Gasteiger partial charge >= 0.3 is 0 Å². The summed E-state index contributed by atoms with van der Waals surface area (Å²) in [6, 6.07) is 14.9. The molecule has 2 aromatic carbocycles. The number of hydrogen-bond donors (Lipinski definition) is 1. The second-order valence-corrected chi connectivity index (χ2v) is 8.67. The summed E-state index contributed by atoms with van der Waals surface area (Å²) in [5, 5.41) is 4.96. The highest BCUT2D eigenvalue weighted by Crippen LogP contribution is 2.24. The molecule has 2 aromatic heterocycles. The molecule has 35 heavy (non-hydrogen) atoms. The number of hydrazone groups is 1. The van der Waals surface area contributed by atoms with E-state index < -0.39 is 0 Å². The lowest BCUT2D eigenvalue weighted by atomic mass is 10.1. The lowest BCUT2D eigenvalue weighted by Crippen LogP contribution is -2.37. The number of benzene rings is 2. The topological polar surface area (TPSA) is 97.5 Å². The molecule has 4 aromatic rings. The molecule has 1 aliphatic rings. The molecule has 0 spiro atoms. The van der Waals surface area contributed by atoms with Gasteiger partial charge in [-0.25, -0.2) is 4.98 Å². The average molecular weight is 490 g/mol. The number of aromatic nitrogens is 4. The van der Waals surface area contributed by atoms with Gasteiger partial charge in [0.2, 0.25) is 5.95 Å². The molecule has 9 nitrogen and oxygen atoms in total. The number of hydrogen-bond acceptors (Lipinski definition) is 8. The van der Waals surface area contributed by atoms with Crippen LogP contribution < -0.4 is 10.3 Å². The average Bonchev–Trinajstić information content (AvgIpc) is 3.27. The fourth-order valence-corrected chi connectivity index (χ4v) is 3.96. The molecule has 0 radical (unpaired) electrons. The number of morpholine rings is 1. The van der Waals surface area contributed by atoms with Crippen LogP contribution in [0.1, 0.15) is 21.5 Å². The van der Waals surface area contributed by atoms with E-state index in [9.17, 15) is 4.79 Å². The van der Waals surface area contributed by atoms with Gasteiger partial charge in [-0.1, -0.05) is 41.4 Å². The maximum atomic E-state index is 12.9. The third-order valence-electron chi connectivity index (χ3n) is 5.65. The summed E-state index contributed by atoms with van der Waals surface area (Å²) in [6.45, 7) is 4.67. The van der Waals surface area contributed by atoms with Crippen LogP contribution in [0.25, 0.3) is 11.2 Å².